The van der Waals surface area contributed by atoms with Gasteiger partial charge in [-0.3, -0.25) is 0 Å². The molecule has 2 N–H and O–H groups in total. The number of hydrogen-bond donors (Lipinski definition) is 1. The molecule has 0 aliphatic heterocycles. The normalized spacial score (nSPS) is 13.8. The molecule has 0 radical (unpaired) electrons. The van der Waals surface area contributed by atoms with Crippen molar-refractivity contribution in [1.29, 1.82) is 0 Å². The lowest BCUT2D eigenvalue weighted by molar-refractivity contribution is 0.571. The predicted molar refractivity (Wildman–Crippen MR) is 74.0 cm³/mol. The van der Waals surface area contributed by atoms with E-state index in [-0.39, 0.29) is 16.6 Å². The van der Waals surface area contributed by atoms with E-state index in [0.29, 0.717) is 6.42 Å². The van der Waals surface area contributed by atoms with E-state index in [4.69, 9.17) is 5.73 Å². The number of benzene rings is 1. The number of halogens is 1. The van der Waals surface area contributed by atoms with Crippen LogP contribution in [0.5, 0.6) is 0 Å². The molecule has 96 valence electrons. The summed E-state index contributed by atoms with van der Waals surface area (Å²) in [6, 6.07) is 5.30. The van der Waals surface area contributed by atoms with Crippen molar-refractivity contribution in [3.63, 3.8) is 0 Å². The van der Waals surface area contributed by atoms with Gasteiger partial charge in [0.15, 0.2) is 0 Å². The van der Waals surface area contributed by atoms with E-state index < -0.39 is 0 Å². The lowest BCUT2D eigenvalue weighted by atomic mass is 10.0. The SMILES string of the molecule is CCC(N)Cc1c(F)cccc1SC(C)(C)C. The van der Waals surface area contributed by atoms with Crippen molar-refractivity contribution in [1.82, 2.24) is 0 Å². The summed E-state index contributed by atoms with van der Waals surface area (Å²) in [5.74, 6) is -0.136. The molecule has 0 saturated heterocycles. The van der Waals surface area contributed by atoms with Crippen LogP contribution in [0.4, 0.5) is 4.39 Å². The Morgan fingerprint density at radius 1 is 1.35 bits per heavy atom. The number of nitrogens with two attached hydrogens (primary N) is 1. The summed E-state index contributed by atoms with van der Waals surface area (Å²) >= 11 is 1.70. The minimum absolute atomic E-state index is 0.0335. The maximum absolute atomic E-state index is 13.9. The van der Waals surface area contributed by atoms with E-state index in [1.54, 1.807) is 17.8 Å². The van der Waals surface area contributed by atoms with Crippen molar-refractivity contribution in [3.05, 3.63) is 29.6 Å². The largest absolute Gasteiger partial charge is 0.327 e. The monoisotopic (exact) mass is 255 g/mol. The van der Waals surface area contributed by atoms with Crippen LogP contribution >= 0.6 is 11.8 Å². The summed E-state index contributed by atoms with van der Waals surface area (Å²) in [4.78, 5) is 1.02. The Bertz CT molecular complexity index is 371. The first-order chi connectivity index (χ1) is 7.83. The molecule has 1 nitrogen and oxygen atoms in total. The van der Waals surface area contributed by atoms with Gasteiger partial charge in [0.1, 0.15) is 5.82 Å². The van der Waals surface area contributed by atoms with Gasteiger partial charge in [0.25, 0.3) is 0 Å². The van der Waals surface area contributed by atoms with Crippen LogP contribution in [0.3, 0.4) is 0 Å². The first-order valence-electron chi connectivity index (χ1n) is 6.05. The second-order valence-electron chi connectivity index (χ2n) is 5.30. The van der Waals surface area contributed by atoms with E-state index in [1.807, 2.05) is 13.0 Å². The van der Waals surface area contributed by atoms with Gasteiger partial charge in [-0.05, 0) is 25.0 Å². The summed E-state index contributed by atoms with van der Waals surface area (Å²) in [6.45, 7) is 8.42. The van der Waals surface area contributed by atoms with Crippen LogP contribution in [0.25, 0.3) is 0 Å². The lowest BCUT2D eigenvalue weighted by Gasteiger charge is -2.21. The number of hydrogen-bond acceptors (Lipinski definition) is 2. The van der Waals surface area contributed by atoms with Gasteiger partial charge in [-0.2, -0.15) is 0 Å². The Balaban J connectivity index is 3.00. The molecular formula is C14H22FNS. The Labute approximate surface area is 108 Å². The molecule has 0 amide bonds. The molecule has 1 rings (SSSR count). The molecule has 1 aromatic carbocycles. The van der Waals surface area contributed by atoms with Gasteiger partial charge in [0.05, 0.1) is 0 Å². The van der Waals surface area contributed by atoms with Gasteiger partial charge in [-0.15, -0.1) is 11.8 Å². The fourth-order valence-electron chi connectivity index (χ4n) is 1.57. The molecule has 0 spiro atoms. The van der Waals surface area contributed by atoms with Crippen LogP contribution in [0.15, 0.2) is 23.1 Å². The van der Waals surface area contributed by atoms with Crippen LogP contribution in [0.2, 0.25) is 0 Å². The Morgan fingerprint density at radius 3 is 2.53 bits per heavy atom. The zero-order chi connectivity index (χ0) is 13.1. The highest BCUT2D eigenvalue weighted by Gasteiger charge is 2.18. The minimum Gasteiger partial charge on any atom is -0.327 e. The van der Waals surface area contributed by atoms with Crippen molar-refractivity contribution in [2.75, 3.05) is 0 Å². The Kier molecular flexibility index (Phi) is 5.02. The first kappa shape index (κ1) is 14.5. The summed E-state index contributed by atoms with van der Waals surface area (Å²) in [7, 11) is 0. The molecule has 0 fully saturated rings. The molecule has 17 heavy (non-hydrogen) atoms. The molecule has 0 saturated carbocycles. The van der Waals surface area contributed by atoms with Crippen LogP contribution in [-0.2, 0) is 6.42 Å². The lowest BCUT2D eigenvalue weighted by Crippen LogP contribution is -2.22. The average molecular weight is 255 g/mol. The van der Waals surface area contributed by atoms with Crippen LogP contribution in [-0.4, -0.2) is 10.8 Å². The Hall–Kier alpha value is -0.540. The summed E-state index contributed by atoms with van der Waals surface area (Å²) < 4.78 is 13.9. The minimum atomic E-state index is -0.136. The third-order valence-corrected chi connectivity index (χ3v) is 3.70. The standard InChI is InChI=1S/C14H22FNS/c1-5-10(16)9-11-12(15)7-6-8-13(11)17-14(2,3)4/h6-8,10H,5,9,16H2,1-4H3. The highest BCUT2D eigenvalue weighted by atomic mass is 32.2. The van der Waals surface area contributed by atoms with Gasteiger partial charge in [0.2, 0.25) is 0 Å². The maximum atomic E-state index is 13.9. The number of rotatable bonds is 4. The molecule has 3 heteroatoms. The molecular weight excluding hydrogens is 233 g/mol. The molecule has 1 unspecified atom stereocenters. The van der Waals surface area contributed by atoms with Gasteiger partial charge >= 0.3 is 0 Å². The smallest absolute Gasteiger partial charge is 0.127 e. The van der Waals surface area contributed by atoms with Gasteiger partial charge in [-0.1, -0.05) is 33.8 Å². The summed E-state index contributed by atoms with van der Waals surface area (Å²) in [5.41, 5.74) is 6.70. The molecule has 1 atom stereocenters. The van der Waals surface area contributed by atoms with Crippen molar-refractivity contribution >= 4 is 11.8 Å². The molecule has 0 aromatic heterocycles. The maximum Gasteiger partial charge on any atom is 0.127 e. The molecule has 0 aliphatic rings. The highest BCUT2D eigenvalue weighted by Crippen LogP contribution is 2.35. The van der Waals surface area contributed by atoms with E-state index in [0.717, 1.165) is 16.9 Å². The quantitative estimate of drug-likeness (QED) is 0.823. The van der Waals surface area contributed by atoms with Crippen molar-refractivity contribution < 1.29 is 4.39 Å². The van der Waals surface area contributed by atoms with Crippen molar-refractivity contribution in [2.24, 2.45) is 5.73 Å². The molecule has 1 aromatic rings. The second-order valence-corrected chi connectivity index (χ2v) is 7.17. The number of thioether (sulfide) groups is 1. The topological polar surface area (TPSA) is 26.0 Å². The third kappa shape index (κ3) is 4.68. The fraction of sp³-hybridized carbons (Fsp3) is 0.571. The van der Waals surface area contributed by atoms with Gasteiger partial charge in [0, 0.05) is 21.2 Å². The zero-order valence-electron chi connectivity index (χ0n) is 11.1. The van der Waals surface area contributed by atoms with Crippen LogP contribution in [0, 0.1) is 5.82 Å². The van der Waals surface area contributed by atoms with Crippen LogP contribution < -0.4 is 5.73 Å². The third-order valence-electron chi connectivity index (χ3n) is 2.48. The van der Waals surface area contributed by atoms with Crippen molar-refractivity contribution in [2.45, 2.75) is 56.2 Å². The van der Waals surface area contributed by atoms with Gasteiger partial charge in [-0.25, -0.2) is 4.39 Å². The van der Waals surface area contributed by atoms with E-state index >= 15 is 0 Å². The first-order valence-corrected chi connectivity index (χ1v) is 6.87. The second kappa shape index (κ2) is 5.87. The predicted octanol–water partition coefficient (Wildman–Crippen LogP) is 4.00. The zero-order valence-corrected chi connectivity index (χ0v) is 11.9. The van der Waals surface area contributed by atoms with Crippen molar-refractivity contribution in [3.8, 4) is 0 Å². The molecule has 0 bridgehead atoms. The average Bonchev–Trinajstić information content (AvgIpc) is 2.20. The van der Waals surface area contributed by atoms with E-state index in [9.17, 15) is 4.39 Å². The van der Waals surface area contributed by atoms with E-state index in [2.05, 4.69) is 20.8 Å². The molecule has 0 aliphatic carbocycles. The summed E-state index contributed by atoms with van der Waals surface area (Å²) in [5, 5.41) is 0. The van der Waals surface area contributed by atoms with Gasteiger partial charge < -0.3 is 5.73 Å². The fourth-order valence-corrected chi connectivity index (χ4v) is 2.68. The molecule has 0 heterocycles. The Morgan fingerprint density at radius 2 is 2.00 bits per heavy atom. The highest BCUT2D eigenvalue weighted by molar-refractivity contribution is 8.00. The van der Waals surface area contributed by atoms with Crippen LogP contribution in [0.1, 0.15) is 39.7 Å². The van der Waals surface area contributed by atoms with E-state index in [1.165, 1.54) is 6.07 Å². The summed E-state index contributed by atoms with van der Waals surface area (Å²) in [6.07, 6.45) is 1.48.